The standard InChI is InChI=1S/C16H12BrN3O/c1-11-9-10-18-16(19-11)14-3-2-4-15(20-14)21-13-7-5-12(17)6-8-13/h2-10H,1H3. The zero-order chi connectivity index (χ0) is 14.7. The van der Waals surface area contributed by atoms with E-state index in [1.54, 1.807) is 12.3 Å². The van der Waals surface area contributed by atoms with E-state index in [1.807, 2.05) is 49.4 Å². The SMILES string of the molecule is Cc1ccnc(-c2cccc(Oc3ccc(Br)cc3)n2)n1. The van der Waals surface area contributed by atoms with Gasteiger partial charge in [-0.2, -0.15) is 0 Å². The van der Waals surface area contributed by atoms with Gasteiger partial charge in [-0.3, -0.25) is 0 Å². The van der Waals surface area contributed by atoms with E-state index >= 15 is 0 Å². The molecule has 2 heterocycles. The van der Waals surface area contributed by atoms with Crippen LogP contribution in [-0.2, 0) is 0 Å². The van der Waals surface area contributed by atoms with Crippen LogP contribution >= 0.6 is 15.9 Å². The lowest BCUT2D eigenvalue weighted by Crippen LogP contribution is -1.95. The topological polar surface area (TPSA) is 47.9 Å². The molecule has 0 atom stereocenters. The Labute approximate surface area is 131 Å². The minimum Gasteiger partial charge on any atom is -0.439 e. The fourth-order valence-corrected chi connectivity index (χ4v) is 2.06. The van der Waals surface area contributed by atoms with Gasteiger partial charge in [0.25, 0.3) is 0 Å². The molecule has 0 aliphatic carbocycles. The van der Waals surface area contributed by atoms with Gasteiger partial charge in [0.05, 0.1) is 0 Å². The summed E-state index contributed by atoms with van der Waals surface area (Å²) in [5.74, 6) is 1.84. The molecule has 1 aromatic carbocycles. The maximum absolute atomic E-state index is 5.74. The van der Waals surface area contributed by atoms with Crippen LogP contribution < -0.4 is 4.74 Å². The molecule has 0 aliphatic rings. The average Bonchev–Trinajstić information content (AvgIpc) is 2.50. The van der Waals surface area contributed by atoms with Gasteiger partial charge < -0.3 is 4.74 Å². The van der Waals surface area contributed by atoms with Gasteiger partial charge in [-0.1, -0.05) is 22.0 Å². The molecule has 0 saturated heterocycles. The van der Waals surface area contributed by atoms with Gasteiger partial charge in [0, 0.05) is 22.4 Å². The molecule has 3 aromatic rings. The molecule has 0 radical (unpaired) electrons. The zero-order valence-electron chi connectivity index (χ0n) is 11.3. The highest BCUT2D eigenvalue weighted by molar-refractivity contribution is 9.10. The summed E-state index contributed by atoms with van der Waals surface area (Å²) in [6.07, 6.45) is 1.72. The maximum atomic E-state index is 5.74. The predicted octanol–water partition coefficient (Wildman–Crippen LogP) is 4.40. The molecule has 104 valence electrons. The summed E-state index contributed by atoms with van der Waals surface area (Å²) >= 11 is 3.39. The van der Waals surface area contributed by atoms with Crippen LogP contribution in [0.25, 0.3) is 11.5 Å². The quantitative estimate of drug-likeness (QED) is 0.708. The minimum atomic E-state index is 0.514. The van der Waals surface area contributed by atoms with E-state index in [2.05, 4.69) is 30.9 Å². The van der Waals surface area contributed by atoms with Crippen molar-refractivity contribution in [2.24, 2.45) is 0 Å². The summed E-state index contributed by atoms with van der Waals surface area (Å²) in [5.41, 5.74) is 1.59. The Morgan fingerprint density at radius 3 is 2.52 bits per heavy atom. The summed E-state index contributed by atoms with van der Waals surface area (Å²) in [4.78, 5) is 13.0. The highest BCUT2D eigenvalue weighted by Crippen LogP contribution is 2.23. The van der Waals surface area contributed by atoms with E-state index < -0.39 is 0 Å². The van der Waals surface area contributed by atoms with Crippen molar-refractivity contribution >= 4 is 15.9 Å². The van der Waals surface area contributed by atoms with Crippen molar-refractivity contribution in [1.29, 1.82) is 0 Å². The molecule has 0 aliphatic heterocycles. The smallest absolute Gasteiger partial charge is 0.219 e. The fraction of sp³-hybridized carbons (Fsp3) is 0.0625. The Kier molecular flexibility index (Phi) is 3.92. The summed E-state index contributed by atoms with van der Waals surface area (Å²) in [5, 5.41) is 0. The van der Waals surface area contributed by atoms with E-state index in [-0.39, 0.29) is 0 Å². The van der Waals surface area contributed by atoms with Gasteiger partial charge >= 0.3 is 0 Å². The van der Waals surface area contributed by atoms with Crippen molar-refractivity contribution in [2.45, 2.75) is 6.92 Å². The molecule has 5 heteroatoms. The van der Waals surface area contributed by atoms with E-state index in [1.165, 1.54) is 0 Å². The molecule has 2 aromatic heterocycles. The first-order valence-electron chi connectivity index (χ1n) is 6.41. The number of hydrogen-bond acceptors (Lipinski definition) is 4. The number of ether oxygens (including phenoxy) is 1. The van der Waals surface area contributed by atoms with Crippen molar-refractivity contribution in [3.8, 4) is 23.1 Å². The Morgan fingerprint density at radius 1 is 0.952 bits per heavy atom. The largest absolute Gasteiger partial charge is 0.439 e. The van der Waals surface area contributed by atoms with Crippen LogP contribution in [0.1, 0.15) is 5.69 Å². The van der Waals surface area contributed by atoms with Gasteiger partial charge in [-0.25, -0.2) is 15.0 Å². The van der Waals surface area contributed by atoms with E-state index in [0.717, 1.165) is 15.9 Å². The number of nitrogens with zero attached hydrogens (tertiary/aromatic N) is 3. The average molecular weight is 342 g/mol. The number of aromatic nitrogens is 3. The lowest BCUT2D eigenvalue weighted by atomic mass is 10.3. The minimum absolute atomic E-state index is 0.514. The lowest BCUT2D eigenvalue weighted by Gasteiger charge is -2.06. The predicted molar refractivity (Wildman–Crippen MR) is 84.2 cm³/mol. The van der Waals surface area contributed by atoms with Crippen molar-refractivity contribution < 1.29 is 4.74 Å². The maximum Gasteiger partial charge on any atom is 0.219 e. The van der Waals surface area contributed by atoms with Crippen LogP contribution in [-0.4, -0.2) is 15.0 Å². The monoisotopic (exact) mass is 341 g/mol. The molecule has 0 bridgehead atoms. The Hall–Kier alpha value is -2.27. The molecule has 3 rings (SSSR count). The lowest BCUT2D eigenvalue weighted by molar-refractivity contribution is 0.463. The van der Waals surface area contributed by atoms with Crippen molar-refractivity contribution in [3.63, 3.8) is 0 Å². The molecule has 4 nitrogen and oxygen atoms in total. The van der Waals surface area contributed by atoms with E-state index in [0.29, 0.717) is 17.4 Å². The first-order valence-corrected chi connectivity index (χ1v) is 7.20. The number of benzene rings is 1. The van der Waals surface area contributed by atoms with Crippen molar-refractivity contribution in [1.82, 2.24) is 15.0 Å². The molecule has 0 spiro atoms. The third-order valence-corrected chi connectivity index (χ3v) is 3.31. The molecular formula is C16H12BrN3O. The summed E-state index contributed by atoms with van der Waals surface area (Å²) in [6, 6.07) is 15.0. The summed E-state index contributed by atoms with van der Waals surface area (Å²) in [6.45, 7) is 1.92. The van der Waals surface area contributed by atoms with Gasteiger partial charge in [0.1, 0.15) is 11.4 Å². The number of aryl methyl sites for hydroxylation is 1. The van der Waals surface area contributed by atoms with Crippen molar-refractivity contribution in [2.75, 3.05) is 0 Å². The molecule has 0 N–H and O–H groups in total. The van der Waals surface area contributed by atoms with Gasteiger partial charge in [-0.05, 0) is 43.3 Å². The Bertz CT molecular complexity index is 759. The Balaban J connectivity index is 1.88. The number of hydrogen-bond donors (Lipinski definition) is 0. The number of halogens is 1. The van der Waals surface area contributed by atoms with Crippen LogP contribution in [0.3, 0.4) is 0 Å². The first kappa shape index (κ1) is 13.7. The highest BCUT2D eigenvalue weighted by atomic mass is 79.9. The molecule has 0 unspecified atom stereocenters. The summed E-state index contributed by atoms with van der Waals surface area (Å²) in [7, 11) is 0. The normalized spacial score (nSPS) is 10.4. The third kappa shape index (κ3) is 3.44. The van der Waals surface area contributed by atoms with Crippen molar-refractivity contribution in [3.05, 3.63) is 64.9 Å². The second-order valence-electron chi connectivity index (χ2n) is 4.44. The second kappa shape index (κ2) is 6.01. The van der Waals surface area contributed by atoms with Crippen LogP contribution in [0.4, 0.5) is 0 Å². The second-order valence-corrected chi connectivity index (χ2v) is 5.35. The molecule has 0 fully saturated rings. The van der Waals surface area contributed by atoms with E-state index in [4.69, 9.17) is 4.74 Å². The van der Waals surface area contributed by atoms with Gasteiger partial charge in [0.2, 0.25) is 5.88 Å². The third-order valence-electron chi connectivity index (χ3n) is 2.78. The molecular weight excluding hydrogens is 330 g/mol. The van der Waals surface area contributed by atoms with Crippen LogP contribution in [0, 0.1) is 6.92 Å². The molecule has 0 amide bonds. The molecule has 21 heavy (non-hydrogen) atoms. The Morgan fingerprint density at radius 2 is 1.76 bits per heavy atom. The first-order chi connectivity index (χ1) is 10.2. The van der Waals surface area contributed by atoms with Gasteiger partial charge in [0.15, 0.2) is 5.82 Å². The highest BCUT2D eigenvalue weighted by Gasteiger charge is 2.05. The summed E-state index contributed by atoms with van der Waals surface area (Å²) < 4.78 is 6.74. The number of pyridine rings is 1. The fourth-order valence-electron chi connectivity index (χ4n) is 1.79. The van der Waals surface area contributed by atoms with E-state index in [9.17, 15) is 0 Å². The van der Waals surface area contributed by atoms with Gasteiger partial charge in [-0.15, -0.1) is 0 Å². The molecule has 0 saturated carbocycles. The van der Waals surface area contributed by atoms with Crippen LogP contribution in [0.5, 0.6) is 11.6 Å². The van der Waals surface area contributed by atoms with Crippen LogP contribution in [0.15, 0.2) is 59.2 Å². The van der Waals surface area contributed by atoms with Crippen LogP contribution in [0.2, 0.25) is 0 Å². The zero-order valence-corrected chi connectivity index (χ0v) is 12.9. The number of rotatable bonds is 3.